The van der Waals surface area contributed by atoms with Gasteiger partial charge in [0.25, 0.3) is 11.9 Å². The highest BCUT2D eigenvalue weighted by Crippen LogP contribution is 2.32. The molecule has 0 spiro atoms. The number of hydrogen-bond donors (Lipinski definition) is 4. The molecular formula is C27H25N5O2. The molecule has 2 atom stereocenters. The normalized spacial score (nSPS) is 20.9. The Labute approximate surface area is 198 Å². The van der Waals surface area contributed by atoms with Crippen molar-refractivity contribution in [2.24, 2.45) is 10.9 Å². The van der Waals surface area contributed by atoms with Crippen molar-refractivity contribution in [3.8, 4) is 0 Å². The third-order valence-electron chi connectivity index (χ3n) is 6.14. The van der Waals surface area contributed by atoms with Crippen molar-refractivity contribution in [1.29, 1.82) is 10.8 Å². The fourth-order valence-electron chi connectivity index (χ4n) is 4.40. The molecule has 2 aromatic rings. The van der Waals surface area contributed by atoms with Crippen molar-refractivity contribution in [1.82, 2.24) is 5.32 Å². The number of amidine groups is 1. The minimum absolute atomic E-state index is 0.132. The number of benzene rings is 2. The monoisotopic (exact) mass is 451 g/mol. The van der Waals surface area contributed by atoms with Gasteiger partial charge in [0.15, 0.2) is 0 Å². The maximum atomic E-state index is 12.9. The summed E-state index contributed by atoms with van der Waals surface area (Å²) in [5.41, 5.74) is 4.75. The van der Waals surface area contributed by atoms with Gasteiger partial charge in [-0.25, -0.2) is 4.99 Å². The zero-order valence-electron chi connectivity index (χ0n) is 18.5. The number of nitrogens with zero attached hydrogens (tertiary/aromatic N) is 1. The number of para-hydroxylation sites is 1. The first-order chi connectivity index (χ1) is 16.6. The van der Waals surface area contributed by atoms with E-state index in [1.54, 1.807) is 0 Å². The van der Waals surface area contributed by atoms with E-state index in [1.807, 2.05) is 66.7 Å². The molecule has 1 heterocycles. The summed E-state index contributed by atoms with van der Waals surface area (Å²) >= 11 is 0. The molecule has 0 bridgehead atoms. The number of hydrogen-bond acceptors (Lipinski definition) is 5. The van der Waals surface area contributed by atoms with E-state index in [0.717, 1.165) is 30.4 Å². The summed E-state index contributed by atoms with van der Waals surface area (Å²) in [6, 6.07) is 16.6. The average Bonchev–Trinajstić information content (AvgIpc) is 3.00. The van der Waals surface area contributed by atoms with Gasteiger partial charge in [-0.05, 0) is 42.9 Å². The molecule has 1 aliphatic heterocycles. The number of rotatable bonds is 3. The Morgan fingerprint density at radius 3 is 2.74 bits per heavy atom. The molecule has 0 fully saturated rings. The Hall–Kier alpha value is -4.26. The molecule has 170 valence electrons. The number of nitrogens with one attached hydrogen (secondary N) is 4. The Kier molecular flexibility index (Phi) is 5.91. The quantitative estimate of drug-likeness (QED) is 0.406. The molecule has 5 rings (SSSR count). The van der Waals surface area contributed by atoms with Gasteiger partial charge >= 0.3 is 0 Å². The van der Waals surface area contributed by atoms with Crippen molar-refractivity contribution in [2.45, 2.75) is 25.4 Å². The third-order valence-corrected chi connectivity index (χ3v) is 6.14. The van der Waals surface area contributed by atoms with Crippen LogP contribution in [0, 0.1) is 16.7 Å². The molecule has 0 saturated heterocycles. The van der Waals surface area contributed by atoms with E-state index in [1.165, 1.54) is 5.57 Å². The SMILES string of the molecule is N=C(NC1N=C(c2ccccc2)c2ccccc2NC1=O)OC(=N)C1=CCC2CCC=CC2=C1. The minimum Gasteiger partial charge on any atom is -0.407 e. The van der Waals surface area contributed by atoms with Crippen LogP contribution in [0.1, 0.15) is 30.4 Å². The lowest BCUT2D eigenvalue weighted by Gasteiger charge is -2.24. The van der Waals surface area contributed by atoms with E-state index >= 15 is 0 Å². The van der Waals surface area contributed by atoms with Crippen molar-refractivity contribution in [2.75, 3.05) is 5.32 Å². The number of aliphatic imine (C=N–C) groups is 1. The fraction of sp³-hybridized carbons (Fsp3) is 0.185. The Morgan fingerprint density at radius 2 is 1.88 bits per heavy atom. The number of carbonyl (C=O) groups is 1. The van der Waals surface area contributed by atoms with E-state index in [2.05, 4.69) is 27.8 Å². The van der Waals surface area contributed by atoms with Crippen molar-refractivity contribution < 1.29 is 9.53 Å². The third kappa shape index (κ3) is 4.45. The second-order valence-electron chi connectivity index (χ2n) is 8.40. The zero-order chi connectivity index (χ0) is 23.5. The van der Waals surface area contributed by atoms with Gasteiger partial charge in [0.05, 0.1) is 11.4 Å². The summed E-state index contributed by atoms with van der Waals surface area (Å²) in [6.45, 7) is 0. The number of anilines is 1. The molecule has 0 aromatic heterocycles. The molecular weight excluding hydrogens is 426 g/mol. The lowest BCUT2D eigenvalue weighted by atomic mass is 9.82. The minimum atomic E-state index is -1.09. The van der Waals surface area contributed by atoms with E-state index < -0.39 is 18.1 Å². The summed E-state index contributed by atoms with van der Waals surface area (Å²) < 4.78 is 5.45. The number of allylic oxidation sites excluding steroid dienone is 4. The first kappa shape index (κ1) is 21.6. The lowest BCUT2D eigenvalue weighted by molar-refractivity contribution is -0.117. The summed E-state index contributed by atoms with van der Waals surface area (Å²) in [7, 11) is 0. The first-order valence-corrected chi connectivity index (χ1v) is 11.3. The second-order valence-corrected chi connectivity index (χ2v) is 8.40. The summed E-state index contributed by atoms with van der Waals surface area (Å²) in [5.74, 6) is -0.0550. The average molecular weight is 452 g/mol. The van der Waals surface area contributed by atoms with Gasteiger partial charge < -0.3 is 15.4 Å². The second kappa shape index (κ2) is 9.31. The summed E-state index contributed by atoms with van der Waals surface area (Å²) in [6.07, 6.45) is 10.1. The van der Waals surface area contributed by atoms with Crippen molar-refractivity contribution >= 4 is 29.2 Å². The van der Waals surface area contributed by atoms with E-state index in [-0.39, 0.29) is 5.90 Å². The molecule has 2 aromatic carbocycles. The van der Waals surface area contributed by atoms with E-state index in [0.29, 0.717) is 22.9 Å². The van der Waals surface area contributed by atoms with Crippen LogP contribution < -0.4 is 10.6 Å². The maximum Gasteiger partial charge on any atom is 0.290 e. The smallest absolute Gasteiger partial charge is 0.290 e. The lowest BCUT2D eigenvalue weighted by Crippen LogP contribution is -2.43. The summed E-state index contributed by atoms with van der Waals surface area (Å²) in [4.78, 5) is 17.6. The van der Waals surface area contributed by atoms with Crippen LogP contribution in [0.15, 0.2) is 95.0 Å². The van der Waals surface area contributed by atoms with E-state index in [4.69, 9.17) is 15.6 Å². The van der Waals surface area contributed by atoms with Gasteiger partial charge in [-0.2, -0.15) is 0 Å². The van der Waals surface area contributed by atoms with Crippen LogP contribution in [0.5, 0.6) is 0 Å². The fourth-order valence-corrected chi connectivity index (χ4v) is 4.40. The molecule has 7 nitrogen and oxygen atoms in total. The Morgan fingerprint density at radius 1 is 1.09 bits per heavy atom. The molecule has 1 amide bonds. The van der Waals surface area contributed by atoms with Crippen molar-refractivity contribution in [3.63, 3.8) is 0 Å². The van der Waals surface area contributed by atoms with Crippen LogP contribution in [0.25, 0.3) is 0 Å². The van der Waals surface area contributed by atoms with Gasteiger partial charge in [-0.3, -0.25) is 15.6 Å². The number of carbonyl (C=O) groups excluding carboxylic acids is 1. The predicted molar refractivity (Wildman–Crippen MR) is 133 cm³/mol. The number of fused-ring (bicyclic) bond motifs is 2. The Bertz CT molecular complexity index is 1270. The maximum absolute atomic E-state index is 12.9. The zero-order valence-corrected chi connectivity index (χ0v) is 18.5. The van der Waals surface area contributed by atoms with Crippen LogP contribution in [0.2, 0.25) is 0 Å². The first-order valence-electron chi connectivity index (χ1n) is 11.3. The topological polar surface area (TPSA) is 110 Å². The number of amides is 1. The van der Waals surface area contributed by atoms with Gasteiger partial charge in [0, 0.05) is 16.7 Å². The van der Waals surface area contributed by atoms with E-state index in [9.17, 15) is 4.79 Å². The molecule has 0 saturated carbocycles. The molecule has 7 heteroatoms. The van der Waals surface area contributed by atoms with Gasteiger partial charge in [-0.1, -0.05) is 66.8 Å². The molecule has 34 heavy (non-hydrogen) atoms. The van der Waals surface area contributed by atoms with Crippen LogP contribution in [-0.2, 0) is 9.53 Å². The molecule has 2 aliphatic carbocycles. The van der Waals surface area contributed by atoms with Crippen LogP contribution in [0.3, 0.4) is 0 Å². The van der Waals surface area contributed by atoms with Crippen molar-refractivity contribution in [3.05, 3.63) is 101 Å². The molecule has 0 radical (unpaired) electrons. The molecule has 4 N–H and O–H groups in total. The van der Waals surface area contributed by atoms with Crippen LogP contribution in [-0.4, -0.2) is 29.7 Å². The van der Waals surface area contributed by atoms with Crippen LogP contribution >= 0.6 is 0 Å². The molecule has 3 aliphatic rings. The predicted octanol–water partition coefficient (Wildman–Crippen LogP) is 4.54. The largest absolute Gasteiger partial charge is 0.407 e. The summed E-state index contributed by atoms with van der Waals surface area (Å²) in [5, 5.41) is 22.2. The highest BCUT2D eigenvalue weighted by Gasteiger charge is 2.27. The number of benzodiazepines with no additional fused rings is 1. The highest BCUT2D eigenvalue weighted by molar-refractivity contribution is 6.19. The Balaban J connectivity index is 1.35. The number of ether oxygens (including phenoxy) is 1. The molecule has 2 unspecified atom stereocenters. The standard InChI is InChI=1S/C27H25N5O2/c28-24(20-15-14-17-8-4-5-11-19(17)16-20)34-27(29)32-25-26(33)30-22-13-7-6-12-21(22)23(31-25)18-9-2-1-3-10-18/h1-3,5-7,9-13,15-17,25,28H,4,8,14H2,(H2,29,32)(H,30,33). The van der Waals surface area contributed by atoms with Gasteiger partial charge in [0.2, 0.25) is 12.1 Å². The van der Waals surface area contributed by atoms with Gasteiger partial charge in [-0.15, -0.1) is 0 Å². The van der Waals surface area contributed by atoms with Gasteiger partial charge in [0.1, 0.15) is 0 Å². The van der Waals surface area contributed by atoms with Crippen LogP contribution in [0.4, 0.5) is 5.69 Å². The highest BCUT2D eigenvalue weighted by atomic mass is 16.5.